The Hall–Kier alpha value is -7.76. The Morgan fingerprint density at radius 2 is 0.860 bits per heavy atom. The molecular weight excluding hydrogens is 695 g/mol. The standard InChI is InChI=1S/C52H33N5/c1-5-17-34(18-6-1)49-48-42(31-32-45-47(48)41-27-13-14-30-44(41)57(45)39-25-11-4-12-26-39)46-40(28-16-29-43(46)53-49)37-23-15-24-38(33-37)52-55-50(35-19-7-2-8-20-35)54-51(56-52)36-21-9-3-10-22-36/h1-33H. The highest BCUT2D eigenvalue weighted by Crippen LogP contribution is 2.45. The SMILES string of the molecule is c1ccc(-c2nc(-c3ccccc3)nc(-c3cccc(-c4cccc5nc(-c6ccccc6)c6c(ccc7c6c6ccccc6n7-c6ccccc6)c45)c3)n2)cc1. The molecule has 3 aromatic heterocycles. The largest absolute Gasteiger partial charge is 0.309 e. The van der Waals surface area contributed by atoms with Gasteiger partial charge in [-0.05, 0) is 52.9 Å². The molecule has 0 bridgehead atoms. The minimum Gasteiger partial charge on any atom is -0.309 e. The van der Waals surface area contributed by atoms with E-state index in [4.69, 9.17) is 19.9 Å². The summed E-state index contributed by atoms with van der Waals surface area (Å²) in [6.45, 7) is 0. The van der Waals surface area contributed by atoms with Crippen LogP contribution in [0.5, 0.6) is 0 Å². The number of nitrogens with zero attached hydrogens (tertiary/aromatic N) is 5. The predicted molar refractivity (Wildman–Crippen MR) is 234 cm³/mol. The van der Waals surface area contributed by atoms with Crippen molar-refractivity contribution in [1.29, 1.82) is 0 Å². The van der Waals surface area contributed by atoms with Gasteiger partial charge >= 0.3 is 0 Å². The Morgan fingerprint density at radius 1 is 0.316 bits per heavy atom. The first kappa shape index (κ1) is 32.7. The molecule has 8 aromatic carbocycles. The summed E-state index contributed by atoms with van der Waals surface area (Å²) in [4.78, 5) is 20.5. The van der Waals surface area contributed by atoms with E-state index >= 15 is 0 Å². The number of pyridine rings is 1. The molecule has 0 spiro atoms. The summed E-state index contributed by atoms with van der Waals surface area (Å²) in [5.41, 5.74) is 11.4. The van der Waals surface area contributed by atoms with Crippen molar-refractivity contribution in [2.24, 2.45) is 0 Å². The van der Waals surface area contributed by atoms with Gasteiger partial charge in [-0.2, -0.15) is 0 Å². The van der Waals surface area contributed by atoms with E-state index in [0.29, 0.717) is 17.5 Å². The fraction of sp³-hybridized carbons (Fsp3) is 0. The van der Waals surface area contributed by atoms with E-state index in [9.17, 15) is 0 Å². The van der Waals surface area contributed by atoms with E-state index in [2.05, 4.69) is 144 Å². The van der Waals surface area contributed by atoms with Gasteiger partial charge in [0.15, 0.2) is 17.5 Å². The minimum atomic E-state index is 0.620. The van der Waals surface area contributed by atoms with E-state index in [1.54, 1.807) is 0 Å². The van der Waals surface area contributed by atoms with E-state index in [-0.39, 0.29) is 0 Å². The molecule has 3 heterocycles. The lowest BCUT2D eigenvalue weighted by atomic mass is 9.91. The van der Waals surface area contributed by atoms with E-state index in [0.717, 1.165) is 77.5 Å². The molecular formula is C52H33N5. The van der Waals surface area contributed by atoms with Gasteiger partial charge in [0, 0.05) is 49.5 Å². The fourth-order valence-corrected chi connectivity index (χ4v) is 8.27. The van der Waals surface area contributed by atoms with Gasteiger partial charge in [-0.25, -0.2) is 19.9 Å². The summed E-state index contributed by atoms with van der Waals surface area (Å²) in [6.07, 6.45) is 0. The van der Waals surface area contributed by atoms with Gasteiger partial charge in [0.05, 0.1) is 22.2 Å². The van der Waals surface area contributed by atoms with Crippen LogP contribution in [-0.2, 0) is 0 Å². The Balaban J connectivity index is 1.18. The maximum absolute atomic E-state index is 5.53. The fourth-order valence-electron chi connectivity index (χ4n) is 8.27. The zero-order valence-electron chi connectivity index (χ0n) is 30.8. The second-order valence-corrected chi connectivity index (χ2v) is 14.2. The van der Waals surface area contributed by atoms with Crippen LogP contribution in [0, 0.1) is 0 Å². The first-order chi connectivity index (χ1) is 28.3. The molecule has 0 unspecified atom stereocenters. The molecule has 0 aliphatic rings. The van der Waals surface area contributed by atoms with Crippen molar-refractivity contribution in [2.45, 2.75) is 0 Å². The third-order valence-electron chi connectivity index (χ3n) is 10.8. The summed E-state index contributed by atoms with van der Waals surface area (Å²) in [5.74, 6) is 1.89. The van der Waals surface area contributed by atoms with Gasteiger partial charge in [0.2, 0.25) is 0 Å². The lowest BCUT2D eigenvalue weighted by molar-refractivity contribution is 1.07. The number of benzene rings is 8. The lowest BCUT2D eigenvalue weighted by Gasteiger charge is -2.16. The molecule has 0 saturated carbocycles. The molecule has 0 amide bonds. The van der Waals surface area contributed by atoms with Crippen LogP contribution >= 0.6 is 0 Å². The quantitative estimate of drug-likeness (QED) is 0.160. The number of aromatic nitrogens is 5. The van der Waals surface area contributed by atoms with Gasteiger partial charge < -0.3 is 4.57 Å². The maximum Gasteiger partial charge on any atom is 0.164 e. The molecule has 5 nitrogen and oxygen atoms in total. The summed E-state index contributed by atoms with van der Waals surface area (Å²) >= 11 is 0. The number of rotatable bonds is 6. The molecule has 266 valence electrons. The summed E-state index contributed by atoms with van der Waals surface area (Å²) in [6, 6.07) is 69.7. The molecule has 0 radical (unpaired) electrons. The van der Waals surface area contributed by atoms with Crippen molar-refractivity contribution in [3.8, 4) is 62.2 Å². The number of fused-ring (bicyclic) bond motifs is 7. The van der Waals surface area contributed by atoms with Crippen LogP contribution < -0.4 is 0 Å². The number of hydrogen-bond acceptors (Lipinski definition) is 4. The van der Waals surface area contributed by atoms with Crippen molar-refractivity contribution in [2.75, 3.05) is 0 Å². The Bertz CT molecular complexity index is 3210. The van der Waals surface area contributed by atoms with Crippen molar-refractivity contribution in [3.05, 3.63) is 200 Å². The van der Waals surface area contributed by atoms with Gasteiger partial charge in [-0.3, -0.25) is 0 Å². The molecule has 0 saturated heterocycles. The van der Waals surface area contributed by atoms with E-state index in [1.165, 1.54) is 10.8 Å². The van der Waals surface area contributed by atoms with Crippen LogP contribution in [0.1, 0.15) is 0 Å². The molecule has 0 aliphatic carbocycles. The monoisotopic (exact) mass is 727 g/mol. The van der Waals surface area contributed by atoms with Crippen LogP contribution in [0.2, 0.25) is 0 Å². The van der Waals surface area contributed by atoms with Crippen LogP contribution in [0.3, 0.4) is 0 Å². The summed E-state index contributed by atoms with van der Waals surface area (Å²) in [5, 5.41) is 5.78. The first-order valence-electron chi connectivity index (χ1n) is 19.2. The number of para-hydroxylation sites is 2. The average molecular weight is 728 g/mol. The molecule has 11 rings (SSSR count). The molecule has 0 aliphatic heterocycles. The molecule has 0 atom stereocenters. The predicted octanol–water partition coefficient (Wildman–Crippen LogP) is 13.0. The first-order valence-corrected chi connectivity index (χ1v) is 19.2. The third-order valence-corrected chi connectivity index (χ3v) is 10.8. The number of hydrogen-bond donors (Lipinski definition) is 0. The minimum absolute atomic E-state index is 0.620. The van der Waals surface area contributed by atoms with Crippen LogP contribution in [0.25, 0.3) is 106 Å². The zero-order valence-corrected chi connectivity index (χ0v) is 30.8. The van der Waals surface area contributed by atoms with Gasteiger partial charge in [-0.1, -0.05) is 164 Å². The highest BCUT2D eigenvalue weighted by atomic mass is 15.0. The molecule has 0 N–H and O–H groups in total. The third kappa shape index (κ3) is 5.56. The Kier molecular flexibility index (Phi) is 7.74. The second kappa shape index (κ2) is 13.5. The topological polar surface area (TPSA) is 56.5 Å². The zero-order chi connectivity index (χ0) is 37.7. The smallest absolute Gasteiger partial charge is 0.164 e. The lowest BCUT2D eigenvalue weighted by Crippen LogP contribution is -2.00. The van der Waals surface area contributed by atoms with E-state index < -0.39 is 0 Å². The van der Waals surface area contributed by atoms with Crippen molar-refractivity contribution in [1.82, 2.24) is 24.5 Å². The van der Waals surface area contributed by atoms with E-state index in [1.807, 2.05) is 60.7 Å². The second-order valence-electron chi connectivity index (χ2n) is 14.2. The normalized spacial score (nSPS) is 11.5. The van der Waals surface area contributed by atoms with Crippen molar-refractivity contribution in [3.63, 3.8) is 0 Å². The highest BCUT2D eigenvalue weighted by Gasteiger charge is 2.22. The highest BCUT2D eigenvalue weighted by molar-refractivity contribution is 6.29. The molecule has 57 heavy (non-hydrogen) atoms. The average Bonchev–Trinajstić information content (AvgIpc) is 3.64. The summed E-state index contributed by atoms with van der Waals surface area (Å²) < 4.78 is 2.38. The van der Waals surface area contributed by atoms with Gasteiger partial charge in [-0.15, -0.1) is 0 Å². The van der Waals surface area contributed by atoms with Crippen molar-refractivity contribution < 1.29 is 0 Å². The van der Waals surface area contributed by atoms with Crippen molar-refractivity contribution >= 4 is 43.5 Å². The van der Waals surface area contributed by atoms with Crippen LogP contribution in [0.15, 0.2) is 200 Å². The Labute approximate surface area is 329 Å². The van der Waals surface area contributed by atoms with Crippen LogP contribution in [0.4, 0.5) is 0 Å². The van der Waals surface area contributed by atoms with Gasteiger partial charge in [0.1, 0.15) is 0 Å². The van der Waals surface area contributed by atoms with Crippen LogP contribution in [-0.4, -0.2) is 24.5 Å². The molecule has 5 heteroatoms. The maximum atomic E-state index is 5.53. The summed E-state index contributed by atoms with van der Waals surface area (Å²) in [7, 11) is 0. The Morgan fingerprint density at radius 3 is 1.54 bits per heavy atom. The molecule has 0 fully saturated rings. The molecule has 11 aromatic rings. The van der Waals surface area contributed by atoms with Gasteiger partial charge in [0.25, 0.3) is 0 Å².